The first-order valence-electron chi connectivity index (χ1n) is 12.4. The molecule has 0 bridgehead atoms. The lowest BCUT2D eigenvalue weighted by Crippen LogP contribution is -2.17. The van der Waals surface area contributed by atoms with Crippen molar-refractivity contribution in [2.75, 3.05) is 23.8 Å². The fourth-order valence-corrected chi connectivity index (χ4v) is 6.26. The highest BCUT2D eigenvalue weighted by Gasteiger charge is 2.24. The molecule has 0 saturated carbocycles. The van der Waals surface area contributed by atoms with Gasteiger partial charge in [0.2, 0.25) is 0 Å². The minimum Gasteiger partial charge on any atom is -0.462 e. The van der Waals surface area contributed by atoms with E-state index < -0.39 is 23.8 Å². The molecule has 0 aliphatic carbocycles. The molecule has 5 aromatic rings. The van der Waals surface area contributed by atoms with Crippen molar-refractivity contribution in [1.82, 2.24) is 4.98 Å². The van der Waals surface area contributed by atoms with Crippen molar-refractivity contribution in [2.24, 2.45) is 0 Å². The van der Waals surface area contributed by atoms with Gasteiger partial charge < -0.3 is 20.1 Å². The molecule has 2 amide bonds. The van der Waals surface area contributed by atoms with E-state index in [1.165, 1.54) is 41.0 Å². The Morgan fingerprint density at radius 3 is 1.68 bits per heavy atom. The number of carbonyl (C=O) groups excluding carboxylic acids is 4. The van der Waals surface area contributed by atoms with Crippen LogP contribution >= 0.6 is 22.7 Å². The van der Waals surface area contributed by atoms with E-state index in [1.54, 1.807) is 26.0 Å². The lowest BCUT2D eigenvalue weighted by molar-refractivity contribution is 0.0520. The first-order chi connectivity index (χ1) is 19.4. The van der Waals surface area contributed by atoms with Gasteiger partial charge in [-0.25, -0.2) is 9.59 Å². The van der Waals surface area contributed by atoms with E-state index in [4.69, 9.17) is 9.47 Å². The minimum atomic E-state index is -0.543. The number of thiophene rings is 2. The normalized spacial score (nSPS) is 10.8. The van der Waals surface area contributed by atoms with Crippen LogP contribution in [0.1, 0.15) is 55.4 Å². The molecule has 3 aromatic heterocycles. The summed E-state index contributed by atoms with van der Waals surface area (Å²) in [5.74, 6) is -2.09. The number of amides is 2. The van der Waals surface area contributed by atoms with Crippen LogP contribution in [0.2, 0.25) is 0 Å². The Morgan fingerprint density at radius 1 is 0.700 bits per heavy atom. The number of aromatic nitrogens is 1. The number of esters is 2. The number of pyridine rings is 1. The maximum Gasteiger partial charge on any atom is 0.341 e. The van der Waals surface area contributed by atoms with E-state index in [-0.39, 0.29) is 30.0 Å². The summed E-state index contributed by atoms with van der Waals surface area (Å²) in [5, 5.41) is 7.63. The van der Waals surface area contributed by atoms with Gasteiger partial charge >= 0.3 is 11.9 Å². The molecule has 0 aliphatic rings. The second-order valence-electron chi connectivity index (χ2n) is 8.39. The van der Waals surface area contributed by atoms with Gasteiger partial charge in [-0.1, -0.05) is 36.4 Å². The molecular weight excluding hydrogens is 550 g/mol. The quantitative estimate of drug-likeness (QED) is 0.207. The summed E-state index contributed by atoms with van der Waals surface area (Å²) in [7, 11) is 0. The molecule has 5 rings (SSSR count). The van der Waals surface area contributed by atoms with Gasteiger partial charge in [-0.2, -0.15) is 0 Å². The molecule has 0 radical (unpaired) electrons. The Hall–Kier alpha value is -4.61. The predicted molar refractivity (Wildman–Crippen MR) is 156 cm³/mol. The van der Waals surface area contributed by atoms with Crippen LogP contribution < -0.4 is 10.6 Å². The van der Waals surface area contributed by atoms with Gasteiger partial charge in [0.1, 0.15) is 26.8 Å². The van der Waals surface area contributed by atoms with E-state index in [2.05, 4.69) is 15.6 Å². The van der Waals surface area contributed by atoms with Crippen molar-refractivity contribution in [2.45, 2.75) is 13.8 Å². The van der Waals surface area contributed by atoms with Gasteiger partial charge in [0.15, 0.2) is 0 Å². The van der Waals surface area contributed by atoms with Crippen LogP contribution in [0.25, 0.3) is 20.2 Å². The van der Waals surface area contributed by atoms with Gasteiger partial charge in [-0.05, 0) is 38.1 Å². The summed E-state index contributed by atoms with van der Waals surface area (Å²) in [6.07, 6.45) is 1.28. The van der Waals surface area contributed by atoms with Gasteiger partial charge in [-0.3, -0.25) is 14.6 Å². The van der Waals surface area contributed by atoms with Crippen molar-refractivity contribution in [3.63, 3.8) is 0 Å². The molecule has 3 heterocycles. The second kappa shape index (κ2) is 11.6. The monoisotopic (exact) mass is 573 g/mol. The summed E-state index contributed by atoms with van der Waals surface area (Å²) in [6.45, 7) is 3.83. The van der Waals surface area contributed by atoms with Crippen molar-refractivity contribution < 1.29 is 28.7 Å². The number of benzene rings is 2. The highest BCUT2D eigenvalue weighted by molar-refractivity contribution is 7.24. The van der Waals surface area contributed by atoms with Crippen LogP contribution in [-0.2, 0) is 9.47 Å². The maximum atomic E-state index is 13.0. The van der Waals surface area contributed by atoms with Crippen LogP contribution in [-0.4, -0.2) is 42.0 Å². The molecule has 202 valence electrons. The number of nitrogens with one attached hydrogen (secondary N) is 2. The number of fused-ring (bicyclic) bond motifs is 2. The predicted octanol–water partition coefficient (Wildman–Crippen LogP) is 6.37. The van der Waals surface area contributed by atoms with Crippen molar-refractivity contribution >= 4 is 76.6 Å². The first kappa shape index (κ1) is 27.0. The van der Waals surface area contributed by atoms with Crippen LogP contribution in [0.3, 0.4) is 0 Å². The summed E-state index contributed by atoms with van der Waals surface area (Å²) in [5.41, 5.74) is 0.823. The molecule has 0 atom stereocenters. The summed E-state index contributed by atoms with van der Waals surface area (Å²) >= 11 is 2.52. The van der Waals surface area contributed by atoms with E-state index in [0.29, 0.717) is 26.3 Å². The molecule has 2 aromatic carbocycles. The Kier molecular flexibility index (Phi) is 7.85. The standard InChI is InChI=1S/C29H23N3O6S2/c1-3-37-28(35)22-17-9-5-7-11-20(17)39-26(22)31-24(33)16-13-14-19(30-15-16)25(34)32-27-23(29(36)38-4-2)18-10-6-8-12-21(18)40-27/h5-15H,3-4H2,1-2H3,(H,31,33)(H,32,34). The summed E-state index contributed by atoms with van der Waals surface area (Å²) in [4.78, 5) is 55.5. The van der Waals surface area contributed by atoms with Crippen LogP contribution in [0.4, 0.5) is 10.0 Å². The molecule has 0 unspecified atom stereocenters. The molecule has 0 fully saturated rings. The molecule has 0 spiro atoms. The van der Waals surface area contributed by atoms with Crippen molar-refractivity contribution in [1.29, 1.82) is 0 Å². The fraction of sp³-hybridized carbons (Fsp3) is 0.138. The summed E-state index contributed by atoms with van der Waals surface area (Å²) in [6, 6.07) is 17.5. The highest BCUT2D eigenvalue weighted by atomic mass is 32.1. The van der Waals surface area contributed by atoms with Gasteiger partial charge in [0, 0.05) is 26.4 Å². The van der Waals surface area contributed by atoms with E-state index in [0.717, 1.165) is 9.40 Å². The third-order valence-electron chi connectivity index (χ3n) is 5.86. The number of hydrogen-bond acceptors (Lipinski definition) is 9. The average Bonchev–Trinajstić information content (AvgIpc) is 3.50. The zero-order valence-corrected chi connectivity index (χ0v) is 23.1. The van der Waals surface area contributed by atoms with Crippen LogP contribution in [0, 0.1) is 0 Å². The zero-order chi connectivity index (χ0) is 28.2. The van der Waals surface area contributed by atoms with Crippen LogP contribution in [0.15, 0.2) is 66.9 Å². The second-order valence-corrected chi connectivity index (χ2v) is 10.5. The maximum absolute atomic E-state index is 13.0. The number of hydrogen-bond donors (Lipinski definition) is 2. The molecule has 11 heteroatoms. The van der Waals surface area contributed by atoms with Crippen molar-refractivity contribution in [3.8, 4) is 0 Å². The molecule has 9 nitrogen and oxygen atoms in total. The average molecular weight is 574 g/mol. The van der Waals surface area contributed by atoms with Crippen LogP contribution in [0.5, 0.6) is 0 Å². The number of ether oxygens (including phenoxy) is 2. The largest absolute Gasteiger partial charge is 0.462 e. The van der Waals surface area contributed by atoms with E-state index in [9.17, 15) is 19.2 Å². The van der Waals surface area contributed by atoms with Crippen molar-refractivity contribution in [3.05, 3.63) is 89.2 Å². The van der Waals surface area contributed by atoms with Gasteiger partial charge in [-0.15, -0.1) is 22.7 Å². The third-order valence-corrected chi connectivity index (χ3v) is 8.03. The Balaban J connectivity index is 1.36. The number of anilines is 2. The smallest absolute Gasteiger partial charge is 0.341 e. The Labute approximate surface area is 236 Å². The number of rotatable bonds is 8. The lowest BCUT2D eigenvalue weighted by Gasteiger charge is -2.08. The fourth-order valence-electron chi connectivity index (χ4n) is 4.08. The van der Waals surface area contributed by atoms with Gasteiger partial charge in [0.25, 0.3) is 11.8 Å². The molecular formula is C29H23N3O6S2. The summed E-state index contributed by atoms with van der Waals surface area (Å²) < 4.78 is 12.0. The SMILES string of the molecule is CCOC(=O)c1c(NC(=O)c2ccc(C(=O)Nc3sc4ccccc4c3C(=O)OCC)nc2)sc2ccccc12. The Morgan fingerprint density at radius 2 is 1.20 bits per heavy atom. The third kappa shape index (κ3) is 5.29. The number of nitrogens with zero attached hydrogens (tertiary/aromatic N) is 1. The molecule has 0 aliphatic heterocycles. The Bertz CT molecular complexity index is 1630. The lowest BCUT2D eigenvalue weighted by atomic mass is 10.1. The highest BCUT2D eigenvalue weighted by Crippen LogP contribution is 2.37. The molecule has 40 heavy (non-hydrogen) atoms. The number of carbonyl (C=O) groups is 4. The topological polar surface area (TPSA) is 124 Å². The van der Waals surface area contributed by atoms with Gasteiger partial charge in [0.05, 0.1) is 18.8 Å². The minimum absolute atomic E-state index is 0.0536. The van der Waals surface area contributed by atoms with E-state index in [1.807, 2.05) is 36.4 Å². The molecule has 0 saturated heterocycles. The zero-order valence-electron chi connectivity index (χ0n) is 21.5. The first-order valence-corrected chi connectivity index (χ1v) is 14.0. The van der Waals surface area contributed by atoms with E-state index >= 15 is 0 Å². The molecule has 2 N–H and O–H groups in total.